The summed E-state index contributed by atoms with van der Waals surface area (Å²) in [5, 5.41) is 10.8. The quantitative estimate of drug-likeness (QED) is 0.589. The van der Waals surface area contributed by atoms with E-state index in [4.69, 9.17) is 0 Å². The highest BCUT2D eigenvalue weighted by Crippen LogP contribution is 2.30. The van der Waals surface area contributed by atoms with Gasteiger partial charge in [0.1, 0.15) is 0 Å². The van der Waals surface area contributed by atoms with Crippen molar-refractivity contribution >= 4 is 23.2 Å². The van der Waals surface area contributed by atoms with Crippen LogP contribution >= 0.6 is 0 Å². The minimum atomic E-state index is -0.956. The molecule has 1 aliphatic rings. The number of benzene rings is 1. The lowest BCUT2D eigenvalue weighted by Gasteiger charge is -2.21. The number of unbranched alkanes of at least 4 members (excludes halogenated alkanes) is 1. The molecule has 1 aromatic rings. The van der Waals surface area contributed by atoms with Gasteiger partial charge in [-0.1, -0.05) is 13.3 Å². The van der Waals surface area contributed by atoms with Crippen LogP contribution in [-0.4, -0.2) is 41.8 Å². The van der Waals surface area contributed by atoms with E-state index < -0.39 is 22.3 Å². The minimum Gasteiger partial charge on any atom is -0.345 e. The van der Waals surface area contributed by atoms with Gasteiger partial charge in [-0.3, -0.25) is 19.7 Å². The molecule has 7 nitrogen and oxygen atoms in total. The zero-order chi connectivity index (χ0) is 17.9. The van der Waals surface area contributed by atoms with Gasteiger partial charge in [-0.2, -0.15) is 4.39 Å². The van der Waals surface area contributed by atoms with Crippen LogP contribution in [0.2, 0.25) is 0 Å². The van der Waals surface area contributed by atoms with Crippen LogP contribution in [0.1, 0.15) is 26.2 Å². The first-order valence-electron chi connectivity index (χ1n) is 7.84. The highest BCUT2D eigenvalue weighted by Gasteiger charge is 2.37. The maximum absolute atomic E-state index is 13.4. The Labute approximate surface area is 139 Å². The molecule has 1 aromatic carbocycles. The van der Waals surface area contributed by atoms with Gasteiger partial charge in [-0.05, 0) is 18.6 Å². The number of nitro groups is 1. The molecule has 0 spiro atoms. The summed E-state index contributed by atoms with van der Waals surface area (Å²) in [5.41, 5.74) is -0.449. The first-order chi connectivity index (χ1) is 11.3. The molecule has 0 aliphatic carbocycles. The van der Waals surface area contributed by atoms with Crippen LogP contribution in [-0.2, 0) is 9.59 Å². The number of halogens is 1. The summed E-state index contributed by atoms with van der Waals surface area (Å²) >= 11 is 0. The average molecular weight is 337 g/mol. The van der Waals surface area contributed by atoms with Crippen molar-refractivity contribution in [3.8, 4) is 0 Å². The molecule has 2 rings (SSSR count). The number of amides is 2. The molecule has 1 heterocycles. The van der Waals surface area contributed by atoms with Crippen molar-refractivity contribution in [3.05, 3.63) is 34.1 Å². The van der Waals surface area contributed by atoms with Crippen molar-refractivity contribution in [1.29, 1.82) is 0 Å². The standard InChI is InChI=1S/C16H20FN3O4/c1-3-4-7-18(2)16(22)11-8-15(21)19(10-11)12-5-6-13(17)14(9-12)20(23)24/h5-6,9,11H,3-4,7-8,10H2,1-2H3. The minimum absolute atomic E-state index is 0.0560. The van der Waals surface area contributed by atoms with Gasteiger partial charge in [0, 0.05) is 32.6 Å². The molecule has 1 saturated heterocycles. The number of carbonyl (C=O) groups excluding carboxylic acids is 2. The third-order valence-electron chi connectivity index (χ3n) is 4.14. The summed E-state index contributed by atoms with van der Waals surface area (Å²) in [4.78, 5) is 37.5. The van der Waals surface area contributed by atoms with Gasteiger partial charge in [0.2, 0.25) is 17.6 Å². The Morgan fingerprint density at radius 3 is 2.83 bits per heavy atom. The van der Waals surface area contributed by atoms with Crippen molar-refractivity contribution < 1.29 is 18.9 Å². The molecule has 24 heavy (non-hydrogen) atoms. The van der Waals surface area contributed by atoms with Crippen molar-refractivity contribution in [2.24, 2.45) is 5.92 Å². The fourth-order valence-corrected chi connectivity index (χ4v) is 2.75. The molecule has 0 radical (unpaired) electrons. The molecule has 1 atom stereocenters. The molecule has 0 aromatic heterocycles. The van der Waals surface area contributed by atoms with Crippen molar-refractivity contribution in [2.75, 3.05) is 25.0 Å². The smallest absolute Gasteiger partial charge is 0.306 e. The van der Waals surface area contributed by atoms with Crippen LogP contribution in [0.3, 0.4) is 0 Å². The molecule has 1 aliphatic heterocycles. The molecule has 0 saturated carbocycles. The van der Waals surface area contributed by atoms with Gasteiger partial charge in [-0.25, -0.2) is 0 Å². The highest BCUT2D eigenvalue weighted by molar-refractivity contribution is 6.00. The predicted octanol–water partition coefficient (Wildman–Crippen LogP) is 2.35. The Kier molecular flexibility index (Phi) is 5.48. The number of nitrogens with zero attached hydrogens (tertiary/aromatic N) is 3. The van der Waals surface area contributed by atoms with E-state index in [2.05, 4.69) is 0 Å². The normalized spacial score (nSPS) is 17.2. The van der Waals surface area contributed by atoms with E-state index in [1.54, 1.807) is 11.9 Å². The maximum atomic E-state index is 13.4. The van der Waals surface area contributed by atoms with Crippen LogP contribution in [0.4, 0.5) is 15.8 Å². The summed E-state index contributed by atoms with van der Waals surface area (Å²) in [6.45, 7) is 2.81. The van der Waals surface area contributed by atoms with Gasteiger partial charge in [0.25, 0.3) is 0 Å². The monoisotopic (exact) mass is 337 g/mol. The summed E-state index contributed by atoms with van der Waals surface area (Å²) in [7, 11) is 1.70. The topological polar surface area (TPSA) is 83.8 Å². The van der Waals surface area contributed by atoms with Crippen molar-refractivity contribution in [1.82, 2.24) is 4.90 Å². The van der Waals surface area contributed by atoms with E-state index in [0.717, 1.165) is 25.0 Å². The van der Waals surface area contributed by atoms with Gasteiger partial charge < -0.3 is 9.80 Å². The Balaban J connectivity index is 2.14. The molecule has 8 heteroatoms. The number of carbonyl (C=O) groups is 2. The lowest BCUT2D eigenvalue weighted by atomic mass is 10.1. The number of nitro benzene ring substituents is 1. The summed E-state index contributed by atoms with van der Waals surface area (Å²) in [5.74, 6) is -1.85. The number of hydrogen-bond donors (Lipinski definition) is 0. The fraction of sp³-hybridized carbons (Fsp3) is 0.500. The van der Waals surface area contributed by atoms with Gasteiger partial charge in [0.15, 0.2) is 0 Å². The Morgan fingerprint density at radius 2 is 2.21 bits per heavy atom. The molecule has 0 bridgehead atoms. The van der Waals surface area contributed by atoms with Crippen LogP contribution < -0.4 is 4.90 Å². The lowest BCUT2D eigenvalue weighted by molar-refractivity contribution is -0.387. The van der Waals surface area contributed by atoms with E-state index in [1.807, 2.05) is 6.92 Å². The summed E-state index contributed by atoms with van der Waals surface area (Å²) in [6, 6.07) is 3.30. The third kappa shape index (κ3) is 3.69. The second-order valence-corrected chi connectivity index (χ2v) is 5.91. The Bertz CT molecular complexity index is 665. The molecule has 2 amide bonds. The summed E-state index contributed by atoms with van der Waals surface area (Å²) < 4.78 is 13.4. The van der Waals surface area contributed by atoms with Crippen LogP contribution in [0.25, 0.3) is 0 Å². The zero-order valence-corrected chi connectivity index (χ0v) is 13.7. The molecule has 1 unspecified atom stereocenters. The van der Waals surface area contributed by atoms with E-state index in [1.165, 1.54) is 11.0 Å². The van der Waals surface area contributed by atoms with E-state index >= 15 is 0 Å². The Morgan fingerprint density at radius 1 is 1.50 bits per heavy atom. The molecular formula is C16H20FN3O4. The van der Waals surface area contributed by atoms with E-state index in [9.17, 15) is 24.1 Å². The molecular weight excluding hydrogens is 317 g/mol. The second kappa shape index (κ2) is 7.37. The van der Waals surface area contributed by atoms with Crippen LogP contribution in [0.15, 0.2) is 18.2 Å². The van der Waals surface area contributed by atoms with Gasteiger partial charge in [-0.15, -0.1) is 0 Å². The van der Waals surface area contributed by atoms with Gasteiger partial charge >= 0.3 is 5.69 Å². The fourth-order valence-electron chi connectivity index (χ4n) is 2.75. The number of hydrogen-bond acceptors (Lipinski definition) is 4. The maximum Gasteiger partial charge on any atom is 0.306 e. The van der Waals surface area contributed by atoms with E-state index in [-0.39, 0.29) is 30.5 Å². The average Bonchev–Trinajstić information content (AvgIpc) is 2.93. The van der Waals surface area contributed by atoms with Crippen LogP contribution in [0.5, 0.6) is 0 Å². The first-order valence-corrected chi connectivity index (χ1v) is 7.84. The number of rotatable bonds is 6. The third-order valence-corrected chi connectivity index (χ3v) is 4.14. The van der Waals surface area contributed by atoms with E-state index in [0.29, 0.717) is 6.54 Å². The molecule has 1 fully saturated rings. The first kappa shape index (κ1) is 17.8. The molecule has 0 N–H and O–H groups in total. The largest absolute Gasteiger partial charge is 0.345 e. The highest BCUT2D eigenvalue weighted by atomic mass is 19.1. The summed E-state index contributed by atoms with van der Waals surface area (Å²) in [6.07, 6.45) is 1.91. The van der Waals surface area contributed by atoms with Gasteiger partial charge in [0.05, 0.1) is 16.5 Å². The second-order valence-electron chi connectivity index (χ2n) is 5.91. The van der Waals surface area contributed by atoms with Crippen LogP contribution in [0, 0.1) is 21.8 Å². The van der Waals surface area contributed by atoms with Crippen molar-refractivity contribution in [2.45, 2.75) is 26.2 Å². The Hall–Kier alpha value is -2.51. The van der Waals surface area contributed by atoms with Crippen molar-refractivity contribution in [3.63, 3.8) is 0 Å². The number of anilines is 1. The lowest BCUT2D eigenvalue weighted by Crippen LogP contribution is -2.35. The zero-order valence-electron chi connectivity index (χ0n) is 13.7. The molecule has 130 valence electrons. The predicted molar refractivity (Wildman–Crippen MR) is 86.1 cm³/mol. The SMILES string of the molecule is CCCCN(C)C(=O)C1CC(=O)N(c2ccc(F)c([N+](=O)[O-])c2)C1.